The molecule has 0 aliphatic rings. The summed E-state index contributed by atoms with van der Waals surface area (Å²) in [5, 5.41) is 18.8. The van der Waals surface area contributed by atoms with Gasteiger partial charge in [0.05, 0.1) is 11.8 Å². The number of nitrogens with zero attached hydrogens (tertiary/aromatic N) is 3. The third-order valence-electron chi connectivity index (χ3n) is 2.49. The highest BCUT2D eigenvalue weighted by atomic mass is 16.4. The van der Waals surface area contributed by atoms with Crippen LogP contribution in [-0.2, 0) is 13.6 Å². The van der Waals surface area contributed by atoms with Crippen molar-refractivity contribution in [2.24, 2.45) is 7.05 Å². The molecule has 0 radical (unpaired) electrons. The fraction of sp³-hybridized carbons (Fsp3) is 0.167. The first-order valence-corrected chi connectivity index (χ1v) is 5.53. The van der Waals surface area contributed by atoms with Crippen LogP contribution in [0.25, 0.3) is 0 Å². The lowest BCUT2D eigenvalue weighted by Crippen LogP contribution is -2.23. The van der Waals surface area contributed by atoms with Gasteiger partial charge in [0.2, 0.25) is 0 Å². The molecule has 2 rings (SSSR count). The van der Waals surface area contributed by atoms with Crippen LogP contribution < -0.4 is 5.32 Å². The standard InChI is InChI=1S/C12H12N4O3/c1-16-7-10(14-15-16)11(17)13-6-8-2-4-9(5-3-8)12(18)19/h2-5,7H,6H2,1H3,(H,13,17)(H,18,19). The van der Waals surface area contributed by atoms with E-state index in [1.807, 2.05) is 0 Å². The summed E-state index contributed by atoms with van der Waals surface area (Å²) in [6.45, 7) is 0.301. The van der Waals surface area contributed by atoms with Crippen molar-refractivity contribution >= 4 is 11.9 Å². The molecule has 7 nitrogen and oxygen atoms in total. The molecule has 0 aliphatic carbocycles. The van der Waals surface area contributed by atoms with E-state index in [1.165, 1.54) is 23.0 Å². The molecule has 2 N–H and O–H groups in total. The Morgan fingerprint density at radius 3 is 2.53 bits per heavy atom. The van der Waals surface area contributed by atoms with Gasteiger partial charge in [0.25, 0.3) is 5.91 Å². The molecule has 0 aliphatic heterocycles. The maximum atomic E-state index is 11.7. The number of carbonyl (C=O) groups excluding carboxylic acids is 1. The van der Waals surface area contributed by atoms with Crippen molar-refractivity contribution in [1.82, 2.24) is 20.3 Å². The van der Waals surface area contributed by atoms with Crippen LogP contribution in [-0.4, -0.2) is 32.0 Å². The van der Waals surface area contributed by atoms with Gasteiger partial charge in [-0.1, -0.05) is 17.3 Å². The fourth-order valence-electron chi connectivity index (χ4n) is 1.49. The SMILES string of the molecule is Cn1cc(C(=O)NCc2ccc(C(=O)O)cc2)nn1. The van der Waals surface area contributed by atoms with E-state index in [-0.39, 0.29) is 17.2 Å². The summed E-state index contributed by atoms with van der Waals surface area (Å²) in [6, 6.07) is 6.29. The number of carboxylic acids is 1. The van der Waals surface area contributed by atoms with Crippen LogP contribution in [0.3, 0.4) is 0 Å². The number of aromatic carboxylic acids is 1. The molecule has 0 spiro atoms. The Morgan fingerprint density at radius 2 is 2.00 bits per heavy atom. The Labute approximate surface area is 108 Å². The second kappa shape index (κ2) is 5.30. The first kappa shape index (κ1) is 12.7. The van der Waals surface area contributed by atoms with Crippen LogP contribution in [0.5, 0.6) is 0 Å². The van der Waals surface area contributed by atoms with Gasteiger partial charge in [-0.05, 0) is 17.7 Å². The van der Waals surface area contributed by atoms with E-state index in [9.17, 15) is 9.59 Å². The smallest absolute Gasteiger partial charge is 0.335 e. The zero-order valence-corrected chi connectivity index (χ0v) is 10.2. The number of amides is 1. The lowest BCUT2D eigenvalue weighted by atomic mass is 10.1. The Kier molecular flexibility index (Phi) is 3.56. The van der Waals surface area contributed by atoms with Crippen LogP contribution in [0.15, 0.2) is 30.5 Å². The number of carbonyl (C=O) groups is 2. The molecule has 0 saturated heterocycles. The number of aryl methyl sites for hydroxylation is 1. The molecule has 19 heavy (non-hydrogen) atoms. The lowest BCUT2D eigenvalue weighted by molar-refractivity contribution is 0.0696. The Hall–Kier alpha value is -2.70. The van der Waals surface area contributed by atoms with Crippen molar-refractivity contribution in [1.29, 1.82) is 0 Å². The summed E-state index contributed by atoms with van der Waals surface area (Å²) in [7, 11) is 1.68. The zero-order chi connectivity index (χ0) is 13.8. The number of benzene rings is 1. The van der Waals surface area contributed by atoms with Crippen molar-refractivity contribution < 1.29 is 14.7 Å². The molecular weight excluding hydrogens is 248 g/mol. The first-order chi connectivity index (χ1) is 9.06. The van der Waals surface area contributed by atoms with E-state index in [2.05, 4.69) is 15.6 Å². The zero-order valence-electron chi connectivity index (χ0n) is 10.2. The fourth-order valence-corrected chi connectivity index (χ4v) is 1.49. The molecule has 0 atom stereocenters. The summed E-state index contributed by atoms with van der Waals surface area (Å²) in [5.41, 5.74) is 1.26. The quantitative estimate of drug-likeness (QED) is 0.831. The Morgan fingerprint density at radius 1 is 1.32 bits per heavy atom. The van der Waals surface area contributed by atoms with Gasteiger partial charge in [-0.15, -0.1) is 5.10 Å². The molecule has 1 aromatic heterocycles. The number of hydrogen-bond donors (Lipinski definition) is 2. The predicted molar refractivity (Wildman–Crippen MR) is 65.6 cm³/mol. The normalized spacial score (nSPS) is 10.2. The number of nitrogens with one attached hydrogen (secondary N) is 1. The molecule has 0 bridgehead atoms. The average Bonchev–Trinajstić information content (AvgIpc) is 2.83. The third-order valence-corrected chi connectivity index (χ3v) is 2.49. The highest BCUT2D eigenvalue weighted by Crippen LogP contribution is 2.04. The Balaban J connectivity index is 1.95. The van der Waals surface area contributed by atoms with E-state index in [0.717, 1.165) is 5.56 Å². The molecule has 7 heteroatoms. The van der Waals surface area contributed by atoms with E-state index in [0.29, 0.717) is 6.54 Å². The molecule has 1 heterocycles. The number of hydrogen-bond acceptors (Lipinski definition) is 4. The van der Waals surface area contributed by atoms with Crippen molar-refractivity contribution in [3.8, 4) is 0 Å². The highest BCUT2D eigenvalue weighted by Gasteiger charge is 2.09. The van der Waals surface area contributed by atoms with Crippen LogP contribution in [0.1, 0.15) is 26.4 Å². The molecule has 98 valence electrons. The van der Waals surface area contributed by atoms with Crippen molar-refractivity contribution in [2.45, 2.75) is 6.54 Å². The number of rotatable bonds is 4. The minimum Gasteiger partial charge on any atom is -0.478 e. The van der Waals surface area contributed by atoms with Gasteiger partial charge < -0.3 is 10.4 Å². The van der Waals surface area contributed by atoms with Gasteiger partial charge in [0.1, 0.15) is 0 Å². The van der Waals surface area contributed by atoms with Crippen molar-refractivity contribution in [2.75, 3.05) is 0 Å². The van der Waals surface area contributed by atoms with Crippen LogP contribution >= 0.6 is 0 Å². The largest absolute Gasteiger partial charge is 0.478 e. The maximum Gasteiger partial charge on any atom is 0.335 e. The highest BCUT2D eigenvalue weighted by molar-refractivity contribution is 5.91. The average molecular weight is 260 g/mol. The lowest BCUT2D eigenvalue weighted by Gasteiger charge is -2.03. The van der Waals surface area contributed by atoms with Crippen molar-refractivity contribution in [3.05, 3.63) is 47.3 Å². The molecule has 2 aromatic rings. The summed E-state index contributed by atoms with van der Waals surface area (Å²) >= 11 is 0. The third kappa shape index (κ3) is 3.15. The second-order valence-corrected chi connectivity index (χ2v) is 3.96. The first-order valence-electron chi connectivity index (χ1n) is 5.53. The van der Waals surface area contributed by atoms with E-state index in [1.54, 1.807) is 19.2 Å². The van der Waals surface area contributed by atoms with E-state index in [4.69, 9.17) is 5.11 Å². The van der Waals surface area contributed by atoms with Gasteiger partial charge in [-0.3, -0.25) is 9.48 Å². The summed E-state index contributed by atoms with van der Waals surface area (Å²) in [6.07, 6.45) is 1.52. The van der Waals surface area contributed by atoms with Crippen molar-refractivity contribution in [3.63, 3.8) is 0 Å². The van der Waals surface area contributed by atoms with Gasteiger partial charge in [0, 0.05) is 13.6 Å². The predicted octanol–water partition coefficient (Wildman–Crippen LogP) is 0.443. The monoisotopic (exact) mass is 260 g/mol. The van der Waals surface area contributed by atoms with Gasteiger partial charge >= 0.3 is 5.97 Å². The molecule has 1 aromatic carbocycles. The maximum absolute atomic E-state index is 11.7. The Bertz CT molecular complexity index is 604. The minimum absolute atomic E-state index is 0.212. The molecular formula is C12H12N4O3. The van der Waals surface area contributed by atoms with Crippen LogP contribution in [0, 0.1) is 0 Å². The van der Waals surface area contributed by atoms with Crippen LogP contribution in [0.4, 0.5) is 0 Å². The van der Waals surface area contributed by atoms with Gasteiger partial charge in [-0.25, -0.2) is 4.79 Å². The molecule has 1 amide bonds. The topological polar surface area (TPSA) is 97.1 Å². The molecule has 0 saturated carbocycles. The summed E-state index contributed by atoms with van der Waals surface area (Å²) in [4.78, 5) is 22.4. The summed E-state index contributed by atoms with van der Waals surface area (Å²) in [5.74, 6) is -1.30. The molecule has 0 fully saturated rings. The van der Waals surface area contributed by atoms with Crippen LogP contribution in [0.2, 0.25) is 0 Å². The van der Waals surface area contributed by atoms with E-state index < -0.39 is 5.97 Å². The summed E-state index contributed by atoms with van der Waals surface area (Å²) < 4.78 is 1.44. The number of aromatic nitrogens is 3. The minimum atomic E-state index is -0.977. The van der Waals surface area contributed by atoms with Gasteiger partial charge in [-0.2, -0.15) is 0 Å². The number of carboxylic acid groups (broad SMARTS) is 1. The van der Waals surface area contributed by atoms with Gasteiger partial charge in [0.15, 0.2) is 5.69 Å². The van der Waals surface area contributed by atoms with E-state index >= 15 is 0 Å². The molecule has 0 unspecified atom stereocenters. The second-order valence-electron chi connectivity index (χ2n) is 3.96.